The summed E-state index contributed by atoms with van der Waals surface area (Å²) in [7, 11) is 0. The maximum Gasteiger partial charge on any atom is 0.129 e. The van der Waals surface area contributed by atoms with E-state index in [1.54, 1.807) is 18.5 Å². The van der Waals surface area contributed by atoms with E-state index in [0.717, 1.165) is 24.5 Å². The molecule has 26 heavy (non-hydrogen) atoms. The van der Waals surface area contributed by atoms with E-state index in [1.165, 1.54) is 6.07 Å². The largest absolute Gasteiger partial charge is 0.277 e. The molecule has 2 aromatic heterocycles. The smallest absolute Gasteiger partial charge is 0.129 e. The van der Waals surface area contributed by atoms with Crippen LogP contribution in [0.2, 0.25) is 0 Å². The summed E-state index contributed by atoms with van der Waals surface area (Å²) >= 11 is 0. The lowest BCUT2D eigenvalue weighted by molar-refractivity contribution is 0.120. The van der Waals surface area contributed by atoms with Gasteiger partial charge in [0.2, 0.25) is 0 Å². The standard InChI is InChI=1S/C21H21FN4/c22-20-10-2-1-9-19(20)21-25(15-17-7-3-5-11-23-17)13-14-26(21)16-18-8-4-6-12-24-18/h1-12,21H,13-16H2. The molecule has 5 heteroatoms. The molecule has 0 saturated carbocycles. The number of nitrogens with zero attached hydrogens (tertiary/aromatic N) is 4. The van der Waals surface area contributed by atoms with E-state index in [1.807, 2.05) is 48.5 Å². The van der Waals surface area contributed by atoms with Gasteiger partial charge < -0.3 is 0 Å². The molecule has 3 heterocycles. The second kappa shape index (κ2) is 7.72. The van der Waals surface area contributed by atoms with Crippen LogP contribution in [0.3, 0.4) is 0 Å². The maximum atomic E-state index is 14.6. The number of hydrogen-bond donors (Lipinski definition) is 0. The van der Waals surface area contributed by atoms with Crippen LogP contribution in [0.4, 0.5) is 4.39 Å². The predicted molar refractivity (Wildman–Crippen MR) is 98.4 cm³/mol. The molecular weight excluding hydrogens is 327 g/mol. The Hall–Kier alpha value is -2.63. The second-order valence-electron chi connectivity index (χ2n) is 6.48. The first-order chi connectivity index (χ1) is 12.8. The van der Waals surface area contributed by atoms with Crippen LogP contribution in [0.25, 0.3) is 0 Å². The first-order valence-electron chi connectivity index (χ1n) is 8.83. The minimum absolute atomic E-state index is 0.125. The average Bonchev–Trinajstić information content (AvgIpc) is 3.06. The van der Waals surface area contributed by atoms with Gasteiger partial charge in [-0.2, -0.15) is 0 Å². The topological polar surface area (TPSA) is 32.3 Å². The highest BCUT2D eigenvalue weighted by Gasteiger charge is 2.35. The van der Waals surface area contributed by atoms with Crippen molar-refractivity contribution in [2.45, 2.75) is 19.3 Å². The van der Waals surface area contributed by atoms with Gasteiger partial charge in [0.1, 0.15) is 5.82 Å². The van der Waals surface area contributed by atoms with Crippen LogP contribution >= 0.6 is 0 Å². The lowest BCUT2D eigenvalue weighted by atomic mass is 10.1. The highest BCUT2D eigenvalue weighted by molar-refractivity contribution is 5.23. The van der Waals surface area contributed by atoms with Gasteiger partial charge in [0.05, 0.1) is 17.6 Å². The van der Waals surface area contributed by atoms with Crippen molar-refractivity contribution in [2.24, 2.45) is 0 Å². The number of rotatable bonds is 5. The van der Waals surface area contributed by atoms with Crippen molar-refractivity contribution < 1.29 is 4.39 Å². The average molecular weight is 348 g/mol. The highest BCUT2D eigenvalue weighted by Crippen LogP contribution is 2.33. The van der Waals surface area contributed by atoms with E-state index in [-0.39, 0.29) is 12.0 Å². The van der Waals surface area contributed by atoms with E-state index in [9.17, 15) is 4.39 Å². The van der Waals surface area contributed by atoms with Gasteiger partial charge in [-0.25, -0.2) is 4.39 Å². The van der Waals surface area contributed by atoms with Gasteiger partial charge in [0, 0.05) is 44.1 Å². The summed E-state index contributed by atoms with van der Waals surface area (Å²) in [5.74, 6) is -0.170. The summed E-state index contributed by atoms with van der Waals surface area (Å²) in [5.41, 5.74) is 2.69. The molecule has 4 nitrogen and oxygen atoms in total. The Morgan fingerprint density at radius 1 is 0.769 bits per heavy atom. The Bertz CT molecular complexity index is 791. The molecule has 3 aromatic rings. The number of halogens is 1. The third-order valence-electron chi connectivity index (χ3n) is 4.73. The van der Waals surface area contributed by atoms with Crippen LogP contribution in [0.15, 0.2) is 73.1 Å². The molecule has 0 unspecified atom stereocenters. The Morgan fingerprint density at radius 3 is 1.81 bits per heavy atom. The van der Waals surface area contributed by atoms with Gasteiger partial charge >= 0.3 is 0 Å². The molecule has 0 N–H and O–H groups in total. The Kier molecular flexibility index (Phi) is 5.00. The summed E-state index contributed by atoms with van der Waals surface area (Å²) in [6.45, 7) is 3.11. The zero-order chi connectivity index (χ0) is 17.8. The molecule has 0 amide bonds. The second-order valence-corrected chi connectivity index (χ2v) is 6.48. The van der Waals surface area contributed by atoms with E-state index >= 15 is 0 Å². The molecule has 0 spiro atoms. The van der Waals surface area contributed by atoms with Crippen LogP contribution in [-0.4, -0.2) is 32.9 Å². The first kappa shape index (κ1) is 16.8. The minimum Gasteiger partial charge on any atom is -0.277 e. The molecule has 0 radical (unpaired) electrons. The van der Waals surface area contributed by atoms with Crippen LogP contribution in [0.1, 0.15) is 23.1 Å². The van der Waals surface area contributed by atoms with E-state index in [0.29, 0.717) is 18.7 Å². The third-order valence-corrected chi connectivity index (χ3v) is 4.73. The maximum absolute atomic E-state index is 14.6. The number of benzene rings is 1. The lowest BCUT2D eigenvalue weighted by Gasteiger charge is -2.30. The minimum atomic E-state index is -0.170. The van der Waals surface area contributed by atoms with Crippen molar-refractivity contribution in [1.29, 1.82) is 0 Å². The first-order valence-corrected chi connectivity index (χ1v) is 8.83. The summed E-state index contributed by atoms with van der Waals surface area (Å²) in [4.78, 5) is 13.4. The number of pyridine rings is 2. The number of hydrogen-bond acceptors (Lipinski definition) is 4. The molecule has 1 aliphatic rings. The fourth-order valence-corrected chi connectivity index (χ4v) is 3.54. The molecule has 132 valence electrons. The summed E-state index contributed by atoms with van der Waals surface area (Å²) in [6, 6.07) is 18.9. The van der Waals surface area contributed by atoms with Gasteiger partial charge in [-0.15, -0.1) is 0 Å². The molecule has 0 atom stereocenters. The van der Waals surface area contributed by atoms with Crippen molar-refractivity contribution in [2.75, 3.05) is 13.1 Å². The van der Waals surface area contributed by atoms with Crippen LogP contribution in [0.5, 0.6) is 0 Å². The molecule has 0 bridgehead atoms. The van der Waals surface area contributed by atoms with Gasteiger partial charge in [-0.1, -0.05) is 30.3 Å². The van der Waals surface area contributed by atoms with E-state index < -0.39 is 0 Å². The predicted octanol–water partition coefficient (Wildman–Crippen LogP) is 3.63. The SMILES string of the molecule is Fc1ccccc1C1N(Cc2ccccn2)CCN1Cc1ccccn1. The molecular formula is C21H21FN4. The van der Waals surface area contributed by atoms with Gasteiger partial charge in [-0.05, 0) is 30.3 Å². The number of aromatic nitrogens is 2. The molecule has 0 aliphatic carbocycles. The third kappa shape index (κ3) is 3.64. The van der Waals surface area contributed by atoms with Crippen molar-refractivity contribution in [1.82, 2.24) is 19.8 Å². The van der Waals surface area contributed by atoms with E-state index in [4.69, 9.17) is 0 Å². The van der Waals surface area contributed by atoms with Gasteiger partial charge in [0.25, 0.3) is 0 Å². The molecule has 1 fully saturated rings. The van der Waals surface area contributed by atoms with Gasteiger partial charge in [-0.3, -0.25) is 19.8 Å². The summed E-state index contributed by atoms with van der Waals surface area (Å²) < 4.78 is 14.6. The molecule has 4 rings (SSSR count). The quantitative estimate of drug-likeness (QED) is 0.705. The Labute approximate surface area is 152 Å². The van der Waals surface area contributed by atoms with Crippen LogP contribution in [0, 0.1) is 5.82 Å². The zero-order valence-electron chi connectivity index (χ0n) is 14.5. The van der Waals surface area contributed by atoms with Crippen molar-refractivity contribution in [3.8, 4) is 0 Å². The summed E-state index contributed by atoms with van der Waals surface area (Å²) in [6.07, 6.45) is 3.48. The summed E-state index contributed by atoms with van der Waals surface area (Å²) in [5, 5.41) is 0. The van der Waals surface area contributed by atoms with Crippen molar-refractivity contribution >= 4 is 0 Å². The van der Waals surface area contributed by atoms with E-state index in [2.05, 4.69) is 19.8 Å². The fourth-order valence-electron chi connectivity index (χ4n) is 3.54. The highest BCUT2D eigenvalue weighted by atomic mass is 19.1. The Morgan fingerprint density at radius 2 is 1.31 bits per heavy atom. The molecule has 1 aromatic carbocycles. The van der Waals surface area contributed by atoms with Crippen LogP contribution < -0.4 is 0 Å². The zero-order valence-corrected chi connectivity index (χ0v) is 14.5. The molecule has 1 saturated heterocycles. The van der Waals surface area contributed by atoms with Gasteiger partial charge in [0.15, 0.2) is 0 Å². The monoisotopic (exact) mass is 348 g/mol. The lowest BCUT2D eigenvalue weighted by Crippen LogP contribution is -2.31. The normalized spacial score (nSPS) is 16.2. The van der Waals surface area contributed by atoms with Crippen molar-refractivity contribution in [3.05, 3.63) is 95.8 Å². The fraction of sp³-hybridized carbons (Fsp3) is 0.238. The Balaban J connectivity index is 1.63. The van der Waals surface area contributed by atoms with Crippen LogP contribution in [-0.2, 0) is 13.1 Å². The van der Waals surface area contributed by atoms with Crippen molar-refractivity contribution in [3.63, 3.8) is 0 Å². The molecule has 1 aliphatic heterocycles.